The summed E-state index contributed by atoms with van der Waals surface area (Å²) in [5, 5.41) is 3.02. The molecule has 148 valence electrons. The fraction of sp³-hybridized carbons (Fsp3) is 0.391. The lowest BCUT2D eigenvalue weighted by molar-refractivity contribution is -0.131. The molecule has 0 saturated carbocycles. The molecule has 2 aromatic carbocycles. The molecule has 5 nitrogen and oxygen atoms in total. The number of carbonyl (C=O) groups is 2. The molecule has 0 aliphatic carbocycles. The Morgan fingerprint density at radius 3 is 2.18 bits per heavy atom. The molecule has 1 aliphatic rings. The second-order valence-electron chi connectivity index (χ2n) is 7.15. The van der Waals surface area contributed by atoms with Crippen molar-refractivity contribution in [2.75, 3.05) is 26.2 Å². The van der Waals surface area contributed by atoms with Gasteiger partial charge >= 0.3 is 0 Å². The van der Waals surface area contributed by atoms with Crippen LogP contribution in [0.15, 0.2) is 60.7 Å². The highest BCUT2D eigenvalue weighted by Gasteiger charge is 2.23. The molecule has 28 heavy (non-hydrogen) atoms. The topological polar surface area (TPSA) is 58.6 Å². The van der Waals surface area contributed by atoms with E-state index in [9.17, 15) is 9.59 Å². The van der Waals surface area contributed by atoms with E-state index in [1.165, 1.54) is 0 Å². The van der Waals surface area contributed by atoms with E-state index in [2.05, 4.69) is 5.32 Å². The van der Waals surface area contributed by atoms with Gasteiger partial charge in [-0.3, -0.25) is 9.59 Å². The Balaban J connectivity index is 1.62. The highest BCUT2D eigenvalue weighted by Crippen LogP contribution is 2.24. The van der Waals surface area contributed by atoms with E-state index in [0.717, 1.165) is 30.6 Å². The quantitative estimate of drug-likeness (QED) is 0.766. The molecule has 1 aliphatic heterocycles. The van der Waals surface area contributed by atoms with Crippen molar-refractivity contribution in [3.8, 4) is 0 Å². The van der Waals surface area contributed by atoms with Gasteiger partial charge < -0.3 is 15.0 Å². The summed E-state index contributed by atoms with van der Waals surface area (Å²) in [5.74, 6) is -0.420. The summed E-state index contributed by atoms with van der Waals surface area (Å²) in [4.78, 5) is 26.7. The Morgan fingerprint density at radius 2 is 1.68 bits per heavy atom. The fourth-order valence-corrected chi connectivity index (χ4v) is 3.61. The van der Waals surface area contributed by atoms with Crippen molar-refractivity contribution >= 4 is 11.8 Å². The van der Waals surface area contributed by atoms with Crippen LogP contribution in [0.5, 0.6) is 0 Å². The lowest BCUT2D eigenvalue weighted by Gasteiger charge is -2.25. The maximum absolute atomic E-state index is 13.0. The molecule has 0 radical (unpaired) electrons. The Bertz CT molecular complexity index is 718. The van der Waals surface area contributed by atoms with Crippen molar-refractivity contribution < 1.29 is 14.3 Å². The van der Waals surface area contributed by atoms with Gasteiger partial charge in [0.05, 0.1) is 12.0 Å². The molecule has 1 fully saturated rings. The summed E-state index contributed by atoms with van der Waals surface area (Å²) in [6.45, 7) is 3.82. The molecule has 1 unspecified atom stereocenters. The van der Waals surface area contributed by atoms with Gasteiger partial charge in [0.25, 0.3) is 0 Å². The zero-order valence-corrected chi connectivity index (χ0v) is 16.3. The molecule has 1 N–H and O–H groups in total. The molecule has 5 heteroatoms. The van der Waals surface area contributed by atoms with Crippen LogP contribution in [0.2, 0.25) is 0 Å². The first-order chi connectivity index (χ1) is 13.6. The lowest BCUT2D eigenvalue weighted by Crippen LogP contribution is -2.42. The number of benzene rings is 2. The normalized spacial score (nSPS) is 16.1. The SMILES string of the molecule is CC(=O)N(CCNC(=O)C(c1ccccc1)c1ccccc1)CC1CCCO1. The van der Waals surface area contributed by atoms with Crippen LogP contribution in [-0.4, -0.2) is 49.1 Å². The van der Waals surface area contributed by atoms with Gasteiger partial charge in [-0.25, -0.2) is 0 Å². The molecule has 3 rings (SSSR count). The maximum Gasteiger partial charge on any atom is 0.232 e. The molecule has 1 saturated heterocycles. The third-order valence-electron chi connectivity index (χ3n) is 5.10. The van der Waals surface area contributed by atoms with Gasteiger partial charge in [-0.1, -0.05) is 60.7 Å². The van der Waals surface area contributed by atoms with Crippen LogP contribution in [0.4, 0.5) is 0 Å². The summed E-state index contributed by atoms with van der Waals surface area (Å²) >= 11 is 0. The molecule has 1 atom stereocenters. The van der Waals surface area contributed by atoms with Crippen molar-refractivity contribution in [2.24, 2.45) is 0 Å². The molecule has 2 aromatic rings. The summed E-state index contributed by atoms with van der Waals surface area (Å²) in [6.07, 6.45) is 2.14. The van der Waals surface area contributed by atoms with Crippen LogP contribution in [0, 0.1) is 0 Å². The van der Waals surface area contributed by atoms with E-state index in [-0.39, 0.29) is 23.8 Å². The van der Waals surface area contributed by atoms with Crippen LogP contribution >= 0.6 is 0 Å². The Kier molecular flexibility index (Phi) is 7.20. The number of amides is 2. The highest BCUT2D eigenvalue weighted by atomic mass is 16.5. The summed E-state index contributed by atoms with van der Waals surface area (Å²) in [6, 6.07) is 19.5. The number of nitrogens with one attached hydrogen (secondary N) is 1. The summed E-state index contributed by atoms with van der Waals surface area (Å²) in [5.41, 5.74) is 1.91. The smallest absolute Gasteiger partial charge is 0.232 e. The number of rotatable bonds is 8. The number of hydrogen-bond donors (Lipinski definition) is 1. The monoisotopic (exact) mass is 380 g/mol. The third-order valence-corrected chi connectivity index (χ3v) is 5.10. The predicted octanol–water partition coefficient (Wildman–Crippen LogP) is 2.96. The largest absolute Gasteiger partial charge is 0.376 e. The average Bonchev–Trinajstić information content (AvgIpc) is 3.22. The van der Waals surface area contributed by atoms with Crippen molar-refractivity contribution in [1.29, 1.82) is 0 Å². The maximum atomic E-state index is 13.0. The molecule has 1 heterocycles. The average molecular weight is 380 g/mol. The van der Waals surface area contributed by atoms with Crippen LogP contribution in [-0.2, 0) is 14.3 Å². The van der Waals surface area contributed by atoms with Crippen molar-refractivity contribution in [2.45, 2.75) is 31.8 Å². The Labute approximate surface area is 166 Å². The van der Waals surface area contributed by atoms with Crippen LogP contribution in [0.3, 0.4) is 0 Å². The van der Waals surface area contributed by atoms with E-state index in [1.807, 2.05) is 60.7 Å². The summed E-state index contributed by atoms with van der Waals surface area (Å²) < 4.78 is 5.63. The lowest BCUT2D eigenvalue weighted by atomic mass is 9.90. The van der Waals surface area contributed by atoms with Gasteiger partial charge in [-0.05, 0) is 24.0 Å². The zero-order valence-electron chi connectivity index (χ0n) is 16.3. The van der Waals surface area contributed by atoms with Crippen LogP contribution < -0.4 is 5.32 Å². The van der Waals surface area contributed by atoms with Gasteiger partial charge in [-0.2, -0.15) is 0 Å². The van der Waals surface area contributed by atoms with Crippen molar-refractivity contribution in [3.63, 3.8) is 0 Å². The Hall–Kier alpha value is -2.66. The van der Waals surface area contributed by atoms with E-state index in [4.69, 9.17) is 4.74 Å². The first-order valence-corrected chi connectivity index (χ1v) is 9.90. The fourth-order valence-electron chi connectivity index (χ4n) is 3.61. The Morgan fingerprint density at radius 1 is 1.07 bits per heavy atom. The van der Waals surface area contributed by atoms with Gasteiger partial charge in [0.2, 0.25) is 11.8 Å². The minimum Gasteiger partial charge on any atom is -0.376 e. The first kappa shape index (κ1) is 20.1. The van der Waals surface area contributed by atoms with Crippen molar-refractivity contribution in [3.05, 3.63) is 71.8 Å². The third kappa shape index (κ3) is 5.42. The van der Waals surface area contributed by atoms with E-state index >= 15 is 0 Å². The van der Waals surface area contributed by atoms with Crippen molar-refractivity contribution in [1.82, 2.24) is 10.2 Å². The highest BCUT2D eigenvalue weighted by molar-refractivity contribution is 5.87. The van der Waals surface area contributed by atoms with Gasteiger partial charge in [0.1, 0.15) is 0 Å². The molecular formula is C23H28N2O3. The first-order valence-electron chi connectivity index (χ1n) is 9.90. The minimum atomic E-state index is -0.369. The molecular weight excluding hydrogens is 352 g/mol. The van der Waals surface area contributed by atoms with Gasteiger partial charge in [0, 0.05) is 33.2 Å². The second kappa shape index (κ2) is 10.0. The molecule has 0 aromatic heterocycles. The molecule has 2 amide bonds. The predicted molar refractivity (Wildman–Crippen MR) is 109 cm³/mol. The van der Waals surface area contributed by atoms with E-state index < -0.39 is 0 Å². The van der Waals surface area contributed by atoms with Crippen LogP contribution in [0.25, 0.3) is 0 Å². The zero-order chi connectivity index (χ0) is 19.8. The summed E-state index contributed by atoms with van der Waals surface area (Å²) in [7, 11) is 0. The van der Waals surface area contributed by atoms with E-state index in [0.29, 0.717) is 19.6 Å². The molecule has 0 bridgehead atoms. The number of hydrogen-bond acceptors (Lipinski definition) is 3. The van der Waals surface area contributed by atoms with Gasteiger partial charge in [-0.15, -0.1) is 0 Å². The number of ether oxygens (including phenoxy) is 1. The number of carbonyl (C=O) groups excluding carboxylic acids is 2. The van der Waals surface area contributed by atoms with Gasteiger partial charge in [0.15, 0.2) is 0 Å². The van der Waals surface area contributed by atoms with E-state index in [1.54, 1.807) is 11.8 Å². The molecule has 0 spiro atoms. The van der Waals surface area contributed by atoms with Crippen LogP contribution in [0.1, 0.15) is 36.8 Å². The minimum absolute atomic E-state index is 0.00687. The second-order valence-corrected chi connectivity index (χ2v) is 7.15. The standard InChI is InChI=1S/C23H28N2O3/c1-18(26)25(17-21-13-8-16-28-21)15-14-24-23(27)22(19-9-4-2-5-10-19)20-11-6-3-7-12-20/h2-7,9-12,21-22H,8,13-17H2,1H3,(H,24,27). The number of nitrogens with zero attached hydrogens (tertiary/aromatic N) is 1.